The Morgan fingerprint density at radius 3 is 2.47 bits per heavy atom. The molecule has 0 radical (unpaired) electrons. The van der Waals surface area contributed by atoms with E-state index in [1.807, 2.05) is 0 Å². The van der Waals surface area contributed by atoms with Gasteiger partial charge >= 0.3 is 0 Å². The van der Waals surface area contributed by atoms with Crippen LogP contribution in [0.1, 0.15) is 49.8 Å². The molecule has 2 rings (SSSR count). The van der Waals surface area contributed by atoms with Crippen LogP contribution in [0.5, 0.6) is 0 Å². The van der Waals surface area contributed by atoms with Gasteiger partial charge in [-0.2, -0.15) is 0 Å². The Morgan fingerprint density at radius 1 is 1.27 bits per heavy atom. The molecule has 82 valence electrons. The van der Waals surface area contributed by atoms with Gasteiger partial charge in [-0.05, 0) is 42.7 Å². The van der Waals surface area contributed by atoms with Crippen LogP contribution in [0.25, 0.3) is 0 Å². The van der Waals surface area contributed by atoms with E-state index < -0.39 is 0 Å². The van der Waals surface area contributed by atoms with E-state index in [0.717, 1.165) is 24.3 Å². The Morgan fingerprint density at radius 2 is 1.93 bits per heavy atom. The third-order valence-electron chi connectivity index (χ3n) is 3.15. The van der Waals surface area contributed by atoms with E-state index in [-0.39, 0.29) is 6.10 Å². The maximum absolute atomic E-state index is 9.81. The van der Waals surface area contributed by atoms with E-state index in [4.69, 9.17) is 0 Å². The number of rotatable bonds is 5. The average molecular weight is 204 g/mol. The molecule has 1 saturated carbocycles. The van der Waals surface area contributed by atoms with E-state index in [1.165, 1.54) is 24.8 Å². The molecule has 1 fully saturated rings. The van der Waals surface area contributed by atoms with Crippen molar-refractivity contribution >= 4 is 0 Å². The zero-order valence-corrected chi connectivity index (χ0v) is 9.45. The van der Waals surface area contributed by atoms with Crippen molar-refractivity contribution in [3.05, 3.63) is 35.4 Å². The van der Waals surface area contributed by atoms with Gasteiger partial charge in [-0.25, -0.2) is 0 Å². The normalized spacial score (nSPS) is 17.7. The number of hydrogen-bond donors (Lipinski definition) is 1. The van der Waals surface area contributed by atoms with Crippen LogP contribution in [-0.2, 0) is 6.42 Å². The molecular formula is C14H20O. The van der Waals surface area contributed by atoms with Gasteiger partial charge in [0.15, 0.2) is 0 Å². The van der Waals surface area contributed by atoms with E-state index in [0.29, 0.717) is 0 Å². The van der Waals surface area contributed by atoms with Gasteiger partial charge in [-0.15, -0.1) is 0 Å². The average Bonchev–Trinajstić information content (AvgIpc) is 3.03. The van der Waals surface area contributed by atoms with E-state index in [9.17, 15) is 5.11 Å². The first-order valence-corrected chi connectivity index (χ1v) is 6.06. The minimum Gasteiger partial charge on any atom is -0.388 e. The predicted molar refractivity (Wildman–Crippen MR) is 62.7 cm³/mol. The van der Waals surface area contributed by atoms with Crippen molar-refractivity contribution in [3.63, 3.8) is 0 Å². The maximum atomic E-state index is 9.81. The highest BCUT2D eigenvalue weighted by Gasteiger charge is 2.21. The maximum Gasteiger partial charge on any atom is 0.0790 e. The second-order valence-electron chi connectivity index (χ2n) is 4.69. The van der Waals surface area contributed by atoms with E-state index in [1.54, 1.807) is 0 Å². The molecule has 1 aliphatic rings. The van der Waals surface area contributed by atoms with Gasteiger partial charge in [-0.1, -0.05) is 37.6 Å². The lowest BCUT2D eigenvalue weighted by Gasteiger charge is -2.10. The summed E-state index contributed by atoms with van der Waals surface area (Å²) in [6.45, 7) is 2.10. The second-order valence-corrected chi connectivity index (χ2v) is 4.69. The van der Waals surface area contributed by atoms with Crippen LogP contribution in [0.2, 0.25) is 0 Å². The van der Waals surface area contributed by atoms with Gasteiger partial charge in [0.1, 0.15) is 0 Å². The van der Waals surface area contributed by atoms with Crippen molar-refractivity contribution in [2.75, 3.05) is 0 Å². The highest BCUT2D eigenvalue weighted by molar-refractivity contribution is 5.24. The molecule has 0 amide bonds. The molecule has 0 spiro atoms. The summed E-state index contributed by atoms with van der Waals surface area (Å²) in [6.07, 6.45) is 5.65. The van der Waals surface area contributed by atoms with Crippen LogP contribution in [0.3, 0.4) is 0 Å². The molecule has 1 heteroatoms. The summed E-state index contributed by atoms with van der Waals surface area (Å²) >= 11 is 0. The van der Waals surface area contributed by atoms with Crippen molar-refractivity contribution in [3.8, 4) is 0 Å². The van der Waals surface area contributed by atoms with Crippen molar-refractivity contribution < 1.29 is 5.11 Å². The number of hydrogen-bond acceptors (Lipinski definition) is 1. The molecule has 1 atom stereocenters. The number of aliphatic hydroxyl groups excluding tert-OH is 1. The lowest BCUT2D eigenvalue weighted by Crippen LogP contribution is -1.97. The Labute approximate surface area is 92.1 Å². The second kappa shape index (κ2) is 4.80. The van der Waals surface area contributed by atoms with Crippen molar-refractivity contribution in [2.45, 2.75) is 45.1 Å². The van der Waals surface area contributed by atoms with E-state index in [2.05, 4.69) is 31.2 Å². The molecule has 1 aromatic rings. The molecule has 1 nitrogen and oxygen atoms in total. The number of benzene rings is 1. The third kappa shape index (κ3) is 3.07. The van der Waals surface area contributed by atoms with Crippen molar-refractivity contribution in [1.29, 1.82) is 0 Å². The monoisotopic (exact) mass is 204 g/mol. The van der Waals surface area contributed by atoms with Crippen LogP contribution in [0, 0.1) is 5.92 Å². The molecule has 0 saturated heterocycles. The SMILES string of the molecule is CCC[C@@H](O)c1ccc(CC2CC2)cc1. The highest BCUT2D eigenvalue weighted by atomic mass is 16.3. The Bertz CT molecular complexity index is 298. The first-order valence-electron chi connectivity index (χ1n) is 6.06. The summed E-state index contributed by atoms with van der Waals surface area (Å²) in [6, 6.07) is 8.51. The van der Waals surface area contributed by atoms with Gasteiger partial charge in [0.05, 0.1) is 6.10 Å². The minimum atomic E-state index is -0.273. The summed E-state index contributed by atoms with van der Waals surface area (Å²) < 4.78 is 0. The Hall–Kier alpha value is -0.820. The smallest absolute Gasteiger partial charge is 0.0790 e. The Balaban J connectivity index is 1.95. The fourth-order valence-electron chi connectivity index (χ4n) is 1.97. The summed E-state index contributed by atoms with van der Waals surface area (Å²) in [5.74, 6) is 0.941. The molecule has 1 aliphatic carbocycles. The van der Waals surface area contributed by atoms with Gasteiger partial charge in [0, 0.05) is 0 Å². The van der Waals surface area contributed by atoms with Crippen LogP contribution < -0.4 is 0 Å². The molecule has 15 heavy (non-hydrogen) atoms. The number of aliphatic hydroxyl groups is 1. The van der Waals surface area contributed by atoms with Gasteiger partial charge in [0.2, 0.25) is 0 Å². The Kier molecular flexibility index (Phi) is 3.42. The van der Waals surface area contributed by atoms with Gasteiger partial charge < -0.3 is 5.11 Å². The summed E-state index contributed by atoms with van der Waals surface area (Å²) in [7, 11) is 0. The zero-order chi connectivity index (χ0) is 10.7. The molecule has 0 bridgehead atoms. The fraction of sp³-hybridized carbons (Fsp3) is 0.571. The molecular weight excluding hydrogens is 184 g/mol. The van der Waals surface area contributed by atoms with Crippen molar-refractivity contribution in [1.82, 2.24) is 0 Å². The first kappa shape index (κ1) is 10.7. The van der Waals surface area contributed by atoms with Crippen LogP contribution >= 0.6 is 0 Å². The first-order chi connectivity index (χ1) is 7.29. The highest BCUT2D eigenvalue weighted by Crippen LogP contribution is 2.32. The fourth-order valence-corrected chi connectivity index (χ4v) is 1.97. The van der Waals surface area contributed by atoms with Crippen LogP contribution in [0.4, 0.5) is 0 Å². The van der Waals surface area contributed by atoms with Crippen LogP contribution in [0.15, 0.2) is 24.3 Å². The molecule has 1 aromatic carbocycles. The minimum absolute atomic E-state index is 0.273. The molecule has 0 aromatic heterocycles. The standard InChI is InChI=1S/C14H20O/c1-2-3-14(15)13-8-6-12(7-9-13)10-11-4-5-11/h6-9,11,14-15H,2-5,10H2,1H3/t14-/m1/s1. The predicted octanol–water partition coefficient (Wildman–Crippen LogP) is 3.47. The molecule has 1 N–H and O–H groups in total. The van der Waals surface area contributed by atoms with Crippen LogP contribution in [-0.4, -0.2) is 5.11 Å². The van der Waals surface area contributed by atoms with Gasteiger partial charge in [0.25, 0.3) is 0 Å². The summed E-state index contributed by atoms with van der Waals surface area (Å²) in [4.78, 5) is 0. The zero-order valence-electron chi connectivity index (χ0n) is 9.45. The molecule has 0 aliphatic heterocycles. The largest absolute Gasteiger partial charge is 0.388 e. The quantitative estimate of drug-likeness (QED) is 0.778. The van der Waals surface area contributed by atoms with Gasteiger partial charge in [-0.3, -0.25) is 0 Å². The molecule has 0 unspecified atom stereocenters. The van der Waals surface area contributed by atoms with Crippen molar-refractivity contribution in [2.24, 2.45) is 5.92 Å². The lowest BCUT2D eigenvalue weighted by atomic mass is 10.0. The third-order valence-corrected chi connectivity index (χ3v) is 3.15. The summed E-state index contributed by atoms with van der Waals surface area (Å²) in [5, 5.41) is 9.81. The lowest BCUT2D eigenvalue weighted by molar-refractivity contribution is 0.166. The molecule has 0 heterocycles. The summed E-state index contributed by atoms with van der Waals surface area (Å²) in [5.41, 5.74) is 2.49. The van der Waals surface area contributed by atoms with E-state index >= 15 is 0 Å². The topological polar surface area (TPSA) is 20.2 Å².